The highest BCUT2D eigenvalue weighted by Crippen LogP contribution is 2.29. The Morgan fingerprint density at radius 2 is 2.24 bits per heavy atom. The number of benzene rings is 1. The molecule has 1 aliphatic rings. The fourth-order valence-electron chi connectivity index (χ4n) is 2.07. The van der Waals surface area contributed by atoms with E-state index in [2.05, 4.69) is 25.2 Å². The topological polar surface area (TPSA) is 21.3 Å². The monoisotopic (exact) mass is 253 g/mol. The van der Waals surface area contributed by atoms with E-state index in [1.165, 1.54) is 12.0 Å². The molecular formula is C14H20ClNO. The second-order valence-electron chi connectivity index (χ2n) is 4.93. The highest BCUT2D eigenvalue weighted by Gasteiger charge is 2.16. The fraction of sp³-hybridized carbons (Fsp3) is 0.571. The van der Waals surface area contributed by atoms with Crippen LogP contribution in [0.5, 0.6) is 5.75 Å². The second-order valence-corrected chi connectivity index (χ2v) is 5.34. The van der Waals surface area contributed by atoms with E-state index in [-0.39, 0.29) is 6.10 Å². The van der Waals surface area contributed by atoms with Gasteiger partial charge in [0.1, 0.15) is 11.9 Å². The quantitative estimate of drug-likeness (QED) is 0.889. The van der Waals surface area contributed by atoms with Crippen LogP contribution >= 0.6 is 11.6 Å². The predicted molar refractivity (Wildman–Crippen MR) is 72.1 cm³/mol. The summed E-state index contributed by atoms with van der Waals surface area (Å²) >= 11 is 6.25. The van der Waals surface area contributed by atoms with Crippen molar-refractivity contribution in [3.05, 3.63) is 28.8 Å². The third-order valence-electron chi connectivity index (χ3n) is 3.17. The van der Waals surface area contributed by atoms with Crippen LogP contribution in [-0.4, -0.2) is 19.2 Å². The summed E-state index contributed by atoms with van der Waals surface area (Å²) in [5, 5.41) is 4.06. The van der Waals surface area contributed by atoms with Crippen LogP contribution in [0, 0.1) is 0 Å². The lowest BCUT2D eigenvalue weighted by Crippen LogP contribution is -2.37. The zero-order valence-electron chi connectivity index (χ0n) is 10.5. The second kappa shape index (κ2) is 5.74. The van der Waals surface area contributed by atoms with Gasteiger partial charge in [-0.1, -0.05) is 31.5 Å². The van der Waals surface area contributed by atoms with Crippen molar-refractivity contribution in [1.82, 2.24) is 5.32 Å². The van der Waals surface area contributed by atoms with E-state index in [4.69, 9.17) is 16.3 Å². The maximum atomic E-state index is 6.25. The molecule has 0 radical (unpaired) electrons. The molecule has 3 heteroatoms. The van der Waals surface area contributed by atoms with E-state index in [1.54, 1.807) is 0 Å². The van der Waals surface area contributed by atoms with Crippen LogP contribution in [0.2, 0.25) is 5.02 Å². The van der Waals surface area contributed by atoms with Crippen LogP contribution < -0.4 is 10.1 Å². The first-order valence-corrected chi connectivity index (χ1v) is 6.71. The van der Waals surface area contributed by atoms with Gasteiger partial charge < -0.3 is 10.1 Å². The molecule has 1 fully saturated rings. The largest absolute Gasteiger partial charge is 0.488 e. The number of ether oxygens (including phenoxy) is 1. The minimum absolute atomic E-state index is 0.256. The van der Waals surface area contributed by atoms with Crippen molar-refractivity contribution >= 4 is 11.6 Å². The number of nitrogens with one attached hydrogen (secondary N) is 1. The molecule has 1 heterocycles. The van der Waals surface area contributed by atoms with Gasteiger partial charge in [-0.05, 0) is 43.0 Å². The summed E-state index contributed by atoms with van der Waals surface area (Å²) in [6.07, 6.45) is 2.54. The number of rotatable bonds is 3. The average molecular weight is 254 g/mol. The Labute approximate surface area is 108 Å². The van der Waals surface area contributed by atoms with Gasteiger partial charge in [0.15, 0.2) is 0 Å². The van der Waals surface area contributed by atoms with Crippen LogP contribution in [-0.2, 0) is 0 Å². The molecular weight excluding hydrogens is 234 g/mol. The fourth-order valence-corrected chi connectivity index (χ4v) is 2.31. The predicted octanol–water partition coefficient (Wildman–Crippen LogP) is 3.59. The lowest BCUT2D eigenvalue weighted by atomic mass is 10.0. The first-order valence-electron chi connectivity index (χ1n) is 6.33. The summed E-state index contributed by atoms with van der Waals surface area (Å²) in [5.41, 5.74) is 1.25. The zero-order valence-corrected chi connectivity index (χ0v) is 11.3. The van der Waals surface area contributed by atoms with Crippen molar-refractivity contribution in [1.29, 1.82) is 0 Å². The Bertz CT molecular complexity index is 372. The van der Waals surface area contributed by atoms with E-state index in [1.807, 2.05) is 12.1 Å². The molecule has 2 rings (SSSR count). The van der Waals surface area contributed by atoms with E-state index < -0.39 is 0 Å². The van der Waals surface area contributed by atoms with Crippen molar-refractivity contribution in [3.8, 4) is 5.75 Å². The minimum Gasteiger partial charge on any atom is -0.488 e. The zero-order chi connectivity index (χ0) is 12.3. The molecule has 1 unspecified atom stereocenters. The third-order valence-corrected chi connectivity index (χ3v) is 3.46. The highest BCUT2D eigenvalue weighted by molar-refractivity contribution is 6.32. The Morgan fingerprint density at radius 3 is 2.82 bits per heavy atom. The molecule has 0 saturated carbocycles. The van der Waals surface area contributed by atoms with Gasteiger partial charge >= 0.3 is 0 Å². The van der Waals surface area contributed by atoms with Crippen LogP contribution in [0.15, 0.2) is 18.2 Å². The summed E-state index contributed by atoms with van der Waals surface area (Å²) in [5.74, 6) is 1.31. The maximum Gasteiger partial charge on any atom is 0.138 e. The highest BCUT2D eigenvalue weighted by atomic mass is 35.5. The number of piperidine rings is 1. The molecule has 1 N–H and O–H groups in total. The van der Waals surface area contributed by atoms with Crippen LogP contribution in [0.4, 0.5) is 0 Å². The van der Waals surface area contributed by atoms with E-state index >= 15 is 0 Å². The lowest BCUT2D eigenvalue weighted by molar-refractivity contribution is 0.167. The molecule has 1 aliphatic heterocycles. The number of hydrogen-bond donors (Lipinski definition) is 1. The van der Waals surface area contributed by atoms with Crippen molar-refractivity contribution in [2.45, 2.75) is 38.7 Å². The summed E-state index contributed by atoms with van der Waals surface area (Å²) in [4.78, 5) is 0. The Morgan fingerprint density at radius 1 is 1.41 bits per heavy atom. The van der Waals surface area contributed by atoms with Crippen LogP contribution in [0.25, 0.3) is 0 Å². The molecule has 1 aromatic rings. The Hall–Kier alpha value is -0.730. The van der Waals surface area contributed by atoms with Gasteiger partial charge in [-0.25, -0.2) is 0 Å². The normalized spacial score (nSPS) is 20.6. The third kappa shape index (κ3) is 3.36. The van der Waals surface area contributed by atoms with Crippen molar-refractivity contribution in [2.75, 3.05) is 13.1 Å². The average Bonchev–Trinajstić information content (AvgIpc) is 2.33. The van der Waals surface area contributed by atoms with Crippen LogP contribution in [0.1, 0.15) is 38.2 Å². The molecule has 0 bridgehead atoms. The molecule has 0 amide bonds. The molecule has 2 nitrogen and oxygen atoms in total. The first-order chi connectivity index (χ1) is 8.16. The summed E-state index contributed by atoms with van der Waals surface area (Å²) in [6, 6.07) is 6.10. The van der Waals surface area contributed by atoms with E-state index in [0.717, 1.165) is 30.3 Å². The van der Waals surface area contributed by atoms with Gasteiger partial charge in [0, 0.05) is 6.54 Å². The van der Waals surface area contributed by atoms with Gasteiger partial charge in [-0.2, -0.15) is 0 Å². The summed E-state index contributed by atoms with van der Waals surface area (Å²) in [7, 11) is 0. The van der Waals surface area contributed by atoms with Gasteiger partial charge in [-0.3, -0.25) is 0 Å². The molecule has 1 aromatic carbocycles. The molecule has 0 aromatic heterocycles. The smallest absolute Gasteiger partial charge is 0.138 e. The van der Waals surface area contributed by atoms with Gasteiger partial charge in [0.2, 0.25) is 0 Å². The van der Waals surface area contributed by atoms with Gasteiger partial charge in [0.05, 0.1) is 5.02 Å². The van der Waals surface area contributed by atoms with Crippen molar-refractivity contribution in [2.24, 2.45) is 0 Å². The standard InChI is InChI=1S/C14H20ClNO/c1-10(2)11-5-6-14(13(15)8-11)17-12-4-3-7-16-9-12/h5-6,8,10,12,16H,3-4,7,9H2,1-2H3. The van der Waals surface area contributed by atoms with Crippen molar-refractivity contribution < 1.29 is 4.74 Å². The van der Waals surface area contributed by atoms with Crippen molar-refractivity contribution in [3.63, 3.8) is 0 Å². The number of halogens is 1. The molecule has 1 atom stereocenters. The molecule has 0 aliphatic carbocycles. The van der Waals surface area contributed by atoms with E-state index in [9.17, 15) is 0 Å². The SMILES string of the molecule is CC(C)c1ccc(OC2CCCNC2)c(Cl)c1. The molecule has 94 valence electrons. The number of hydrogen-bond acceptors (Lipinski definition) is 2. The summed E-state index contributed by atoms with van der Waals surface area (Å²) < 4.78 is 5.93. The van der Waals surface area contributed by atoms with Crippen LogP contribution in [0.3, 0.4) is 0 Å². The maximum absolute atomic E-state index is 6.25. The summed E-state index contributed by atoms with van der Waals surface area (Å²) in [6.45, 7) is 6.34. The molecule has 17 heavy (non-hydrogen) atoms. The molecule has 1 saturated heterocycles. The molecule has 0 spiro atoms. The Balaban J connectivity index is 2.05. The minimum atomic E-state index is 0.256. The van der Waals surface area contributed by atoms with Gasteiger partial charge in [0.25, 0.3) is 0 Å². The lowest BCUT2D eigenvalue weighted by Gasteiger charge is -2.24. The van der Waals surface area contributed by atoms with E-state index in [0.29, 0.717) is 5.92 Å². The first kappa shape index (κ1) is 12.7. The van der Waals surface area contributed by atoms with Gasteiger partial charge in [-0.15, -0.1) is 0 Å². The Kier molecular flexibility index (Phi) is 4.30.